The van der Waals surface area contributed by atoms with Crippen molar-refractivity contribution in [3.05, 3.63) is 142 Å². The summed E-state index contributed by atoms with van der Waals surface area (Å²) < 4.78 is 80.7. The van der Waals surface area contributed by atoms with Gasteiger partial charge in [0.15, 0.2) is 0 Å². The highest BCUT2D eigenvalue weighted by molar-refractivity contribution is 6.99. The van der Waals surface area contributed by atoms with Gasteiger partial charge < -0.3 is 19.0 Å². The molecule has 0 bridgehead atoms. The summed E-state index contributed by atoms with van der Waals surface area (Å²) >= 11 is 5.87. The molecule has 5 aromatic rings. The van der Waals surface area contributed by atoms with Gasteiger partial charge in [-0.15, -0.1) is 0 Å². The van der Waals surface area contributed by atoms with Gasteiger partial charge in [0.2, 0.25) is 0 Å². The number of ether oxygens (including phenoxy) is 1. The minimum absolute atomic E-state index is 0.0191. The van der Waals surface area contributed by atoms with Gasteiger partial charge in [0.05, 0.1) is 35.5 Å². The maximum atomic E-state index is 14.6. The average Bonchev–Trinajstić information content (AvgIpc) is 3.55. The molecule has 0 radical (unpaired) electrons. The molecule has 1 aromatic heterocycles. The second kappa shape index (κ2) is 15.9. The van der Waals surface area contributed by atoms with Crippen LogP contribution in [0.5, 0.6) is 5.75 Å². The molecule has 0 fully saturated rings. The number of carbonyl (C=O) groups excluding carboxylic acids is 2. The van der Waals surface area contributed by atoms with Gasteiger partial charge in [-0.2, -0.15) is 27.1 Å². The molecule has 0 spiro atoms. The number of rotatable bonds is 10. The third kappa shape index (κ3) is 7.89. The molecule has 0 saturated carbocycles. The predicted molar refractivity (Wildman–Crippen MR) is 212 cm³/mol. The van der Waals surface area contributed by atoms with Crippen molar-refractivity contribution in [2.45, 2.75) is 77.1 Å². The fourth-order valence-electron chi connectivity index (χ4n) is 8.17. The van der Waals surface area contributed by atoms with Gasteiger partial charge in [-0.05, 0) is 58.2 Å². The average molecular weight is 837 g/mol. The Morgan fingerprint density at radius 3 is 2.12 bits per heavy atom. The van der Waals surface area contributed by atoms with Crippen LogP contribution in [0.2, 0.25) is 10.1 Å². The maximum absolute atomic E-state index is 14.6. The van der Waals surface area contributed by atoms with E-state index in [-0.39, 0.29) is 60.6 Å². The molecule has 4 aromatic carbocycles. The molecule has 2 amide bonds. The third-order valence-corrected chi connectivity index (χ3v) is 16.3. The van der Waals surface area contributed by atoms with Crippen LogP contribution in [0, 0.1) is 0 Å². The van der Waals surface area contributed by atoms with Gasteiger partial charge in [0, 0.05) is 36.7 Å². The fourth-order valence-corrected chi connectivity index (χ4v) is 13.0. The van der Waals surface area contributed by atoms with Gasteiger partial charge in [0.25, 0.3) is 20.1 Å². The van der Waals surface area contributed by atoms with Gasteiger partial charge in [-0.25, -0.2) is 0 Å². The number of benzene rings is 4. The second-order valence-corrected chi connectivity index (χ2v) is 20.4. The summed E-state index contributed by atoms with van der Waals surface area (Å²) in [5.74, 6) is -1.02. The minimum Gasteiger partial charge on any atom is -0.435 e. The molecule has 15 heteroatoms. The summed E-state index contributed by atoms with van der Waals surface area (Å²) in [6, 6.07) is 28.4. The van der Waals surface area contributed by atoms with Gasteiger partial charge >= 0.3 is 12.8 Å². The zero-order valence-corrected chi connectivity index (χ0v) is 34.0. The number of fused-ring (bicyclic) bond motifs is 3. The zero-order chi connectivity index (χ0) is 41.6. The van der Waals surface area contributed by atoms with Crippen LogP contribution in [0.4, 0.5) is 22.0 Å². The van der Waals surface area contributed by atoms with E-state index >= 15 is 0 Å². The van der Waals surface area contributed by atoms with E-state index in [4.69, 9.17) is 21.1 Å². The van der Waals surface area contributed by atoms with Crippen LogP contribution in [0.3, 0.4) is 0 Å². The molecule has 2 aliphatic heterocycles. The van der Waals surface area contributed by atoms with E-state index in [0.717, 1.165) is 22.5 Å². The van der Waals surface area contributed by atoms with Crippen molar-refractivity contribution in [1.82, 2.24) is 19.6 Å². The van der Waals surface area contributed by atoms with E-state index in [1.165, 1.54) is 23.1 Å². The topological polar surface area (TPSA) is 76.9 Å². The molecule has 7 rings (SSSR count). The number of aromatic nitrogens is 2. The largest absolute Gasteiger partial charge is 0.435 e. The highest BCUT2D eigenvalue weighted by Gasteiger charge is 2.51. The van der Waals surface area contributed by atoms with Crippen LogP contribution >= 0.6 is 11.6 Å². The summed E-state index contributed by atoms with van der Waals surface area (Å²) in [6.07, 6.45) is -4.51. The van der Waals surface area contributed by atoms with Crippen LogP contribution in [0.15, 0.2) is 103 Å². The third-order valence-electron chi connectivity index (χ3n) is 10.9. The Kier molecular flexibility index (Phi) is 11.3. The van der Waals surface area contributed by atoms with Gasteiger partial charge in [0.1, 0.15) is 11.4 Å². The number of amides is 2. The van der Waals surface area contributed by atoms with Crippen LogP contribution in [0.25, 0.3) is 0 Å². The first-order valence-corrected chi connectivity index (χ1v) is 21.1. The van der Waals surface area contributed by atoms with E-state index in [9.17, 15) is 31.5 Å². The lowest BCUT2D eigenvalue weighted by atomic mass is 9.97. The molecule has 304 valence electrons. The van der Waals surface area contributed by atoms with Gasteiger partial charge in [-0.3, -0.25) is 14.3 Å². The number of nitrogens with zero attached hydrogens (tertiary/aromatic N) is 4. The van der Waals surface area contributed by atoms with E-state index in [1.54, 1.807) is 28.6 Å². The molecular weight excluding hydrogens is 795 g/mol. The molecule has 3 heterocycles. The monoisotopic (exact) mass is 836 g/mol. The minimum atomic E-state index is -4.77. The summed E-state index contributed by atoms with van der Waals surface area (Å²) in [4.78, 5) is 31.7. The maximum Gasteiger partial charge on any atom is 0.417 e. The lowest BCUT2D eigenvalue weighted by Gasteiger charge is -2.44. The second-order valence-electron chi connectivity index (χ2n) is 15.7. The normalized spacial score (nSPS) is 17.3. The summed E-state index contributed by atoms with van der Waals surface area (Å²) in [6.45, 7) is 5.71. The SMILES string of the molecule is C[C@@H]1Cc2nn3c(c2CN1C(=O)c1ccc(Cl)c(C(F)(F)F)c1)C(=O)N(Cc1ccc(OC(F)F)cc1)C[C@H]3CO[Si](c1ccccc1)(c1ccccc1)C(C)(C)C. The molecule has 0 saturated heterocycles. The molecule has 2 aliphatic rings. The summed E-state index contributed by atoms with van der Waals surface area (Å²) in [5.41, 5.74) is 0.734. The molecule has 58 heavy (non-hydrogen) atoms. The van der Waals surface area contributed by atoms with E-state index < -0.39 is 49.7 Å². The van der Waals surface area contributed by atoms with Crippen LogP contribution in [-0.2, 0) is 30.1 Å². The summed E-state index contributed by atoms with van der Waals surface area (Å²) in [7, 11) is -3.06. The molecule has 0 N–H and O–H groups in total. The Morgan fingerprint density at radius 1 is 0.931 bits per heavy atom. The fraction of sp³-hybridized carbons (Fsp3) is 0.326. The van der Waals surface area contributed by atoms with Crippen molar-refractivity contribution in [3.63, 3.8) is 0 Å². The number of carbonyl (C=O) groups is 2. The molecule has 8 nitrogen and oxygen atoms in total. The van der Waals surface area contributed by atoms with Crippen LogP contribution in [0.1, 0.15) is 77.0 Å². The van der Waals surface area contributed by atoms with E-state index in [1.807, 2.05) is 36.4 Å². The zero-order valence-electron chi connectivity index (χ0n) is 32.3. The Labute approximate surface area is 339 Å². The van der Waals surface area contributed by atoms with Crippen molar-refractivity contribution in [2.75, 3.05) is 13.2 Å². The molecule has 0 aliphatic carbocycles. The first-order chi connectivity index (χ1) is 27.5. The van der Waals surface area contributed by atoms with Crippen molar-refractivity contribution < 1.29 is 40.7 Å². The number of alkyl halides is 5. The lowest BCUT2D eigenvalue weighted by Crippen LogP contribution is -2.67. The number of hydrogen-bond donors (Lipinski definition) is 0. The predicted octanol–water partition coefficient (Wildman–Crippen LogP) is 8.52. The Morgan fingerprint density at radius 2 is 1.55 bits per heavy atom. The Hall–Kier alpha value is -5.05. The molecule has 0 unspecified atom stereocenters. The summed E-state index contributed by atoms with van der Waals surface area (Å²) in [5, 5.41) is 6.28. The Bertz CT molecular complexity index is 2250. The first kappa shape index (κ1) is 41.1. The lowest BCUT2D eigenvalue weighted by molar-refractivity contribution is -0.137. The Balaban J connectivity index is 1.28. The smallest absolute Gasteiger partial charge is 0.417 e. The molecular formula is C43H42ClF5N4O4Si. The molecule has 2 atom stereocenters. The van der Waals surface area contributed by atoms with Crippen LogP contribution in [-0.4, -0.2) is 65.5 Å². The highest BCUT2D eigenvalue weighted by Crippen LogP contribution is 2.40. The van der Waals surface area contributed by atoms with Crippen LogP contribution < -0.4 is 15.1 Å². The van der Waals surface area contributed by atoms with E-state index in [0.29, 0.717) is 16.8 Å². The van der Waals surface area contributed by atoms with Crippen molar-refractivity contribution in [2.24, 2.45) is 0 Å². The quantitative estimate of drug-likeness (QED) is 0.104. The number of halogens is 6. The van der Waals surface area contributed by atoms with Crippen molar-refractivity contribution in [3.8, 4) is 5.75 Å². The number of hydrogen-bond acceptors (Lipinski definition) is 5. The van der Waals surface area contributed by atoms with Gasteiger partial charge in [-0.1, -0.05) is 105 Å². The van der Waals surface area contributed by atoms with Crippen molar-refractivity contribution >= 4 is 42.1 Å². The van der Waals surface area contributed by atoms with E-state index in [2.05, 4.69) is 49.8 Å². The highest BCUT2D eigenvalue weighted by atomic mass is 35.5. The van der Waals surface area contributed by atoms with Crippen molar-refractivity contribution in [1.29, 1.82) is 0 Å². The standard InChI is InChI=1S/C43H42ClF5N4O4Si/c1-27-21-37-34(25-52(27)39(54)29-17-20-36(44)35(22-29)43(47,48)49)38-40(55)51(23-28-15-18-31(19-16-28)57-41(45)46)24-30(53(38)50-37)26-56-58(42(2,3)4,32-11-7-5-8-12-32)33-13-9-6-10-14-33/h5-20,22,27,30,41H,21,23-26H2,1-4H3/t27-,30+/m1/s1. The first-order valence-electron chi connectivity index (χ1n) is 18.8.